The summed E-state index contributed by atoms with van der Waals surface area (Å²) in [5, 5.41) is 11.3. The van der Waals surface area contributed by atoms with Crippen LogP contribution in [0.1, 0.15) is 22.3 Å². The number of hydrogen-bond acceptors (Lipinski definition) is 4. The van der Waals surface area contributed by atoms with Crippen LogP contribution in [-0.2, 0) is 6.42 Å². The fourth-order valence-electron chi connectivity index (χ4n) is 2.31. The van der Waals surface area contributed by atoms with Crippen molar-refractivity contribution in [3.63, 3.8) is 0 Å². The molecule has 112 valence electrons. The maximum atomic E-state index is 12.3. The highest BCUT2D eigenvalue weighted by Gasteiger charge is 2.15. The zero-order chi connectivity index (χ0) is 15.6. The summed E-state index contributed by atoms with van der Waals surface area (Å²) in [6.45, 7) is 0.579. The molecule has 0 atom stereocenters. The van der Waals surface area contributed by atoms with Gasteiger partial charge in [-0.3, -0.25) is 9.47 Å². The van der Waals surface area contributed by atoms with Gasteiger partial charge in [-0.2, -0.15) is 0 Å². The molecule has 0 unspecified atom stereocenters. The second-order valence-electron chi connectivity index (χ2n) is 5.11. The van der Waals surface area contributed by atoms with E-state index >= 15 is 0 Å². The Bertz CT molecular complexity index is 735. The number of nitrogens with two attached hydrogens (primary N) is 1. The Balaban J connectivity index is 2.73. The molecular weight excluding hydrogens is 270 g/mol. The predicted molar refractivity (Wildman–Crippen MR) is 82.6 cm³/mol. The van der Waals surface area contributed by atoms with Crippen LogP contribution in [0, 0.1) is 0 Å². The molecule has 1 aromatic carbocycles. The van der Waals surface area contributed by atoms with E-state index < -0.39 is 11.4 Å². The summed E-state index contributed by atoms with van der Waals surface area (Å²) in [6.07, 6.45) is 2.95. The largest absolute Gasteiger partial charge is 0.477 e. The van der Waals surface area contributed by atoms with Crippen LogP contribution in [0.3, 0.4) is 0 Å². The number of benzene rings is 1. The highest BCUT2D eigenvalue weighted by Crippen LogP contribution is 2.15. The maximum Gasteiger partial charge on any atom is 0.341 e. The lowest BCUT2D eigenvalue weighted by Crippen LogP contribution is -2.29. The van der Waals surface area contributed by atoms with E-state index in [0.717, 1.165) is 18.4 Å². The Hall–Kier alpha value is -2.34. The van der Waals surface area contributed by atoms with Gasteiger partial charge in [0.15, 0.2) is 0 Å². The summed E-state index contributed by atoms with van der Waals surface area (Å²) in [5.41, 5.74) is 6.48. The van der Waals surface area contributed by atoms with Crippen LogP contribution in [0.15, 0.2) is 29.2 Å². The molecule has 2 aromatic rings. The third-order valence-corrected chi connectivity index (χ3v) is 3.38. The first kappa shape index (κ1) is 15.1. The number of aryl methyl sites for hydroxylation is 1. The summed E-state index contributed by atoms with van der Waals surface area (Å²) in [7, 11) is 3.58. The van der Waals surface area contributed by atoms with Crippen LogP contribution >= 0.6 is 0 Å². The molecule has 0 amide bonds. The van der Waals surface area contributed by atoms with Gasteiger partial charge in [-0.25, -0.2) is 4.79 Å². The van der Waals surface area contributed by atoms with E-state index in [-0.39, 0.29) is 5.56 Å². The number of aromatic carboxylic acids is 1. The lowest BCUT2D eigenvalue weighted by molar-refractivity contribution is 0.0695. The number of nitrogens with zero attached hydrogens (tertiary/aromatic N) is 2. The van der Waals surface area contributed by atoms with E-state index in [1.165, 1.54) is 6.20 Å². The molecule has 6 heteroatoms. The number of pyridine rings is 1. The topological polar surface area (TPSA) is 88.6 Å². The molecule has 2 rings (SSSR count). The number of hydrogen-bond donors (Lipinski definition) is 2. The van der Waals surface area contributed by atoms with Gasteiger partial charge in [0.1, 0.15) is 5.56 Å². The molecule has 0 aliphatic carbocycles. The number of fused-ring (bicyclic) bond motifs is 1. The van der Waals surface area contributed by atoms with Gasteiger partial charge in [0.05, 0.1) is 5.52 Å². The minimum Gasteiger partial charge on any atom is -0.477 e. The van der Waals surface area contributed by atoms with Crippen molar-refractivity contribution in [2.24, 2.45) is 5.73 Å². The molecular formula is C15H19N3O3. The summed E-state index contributed by atoms with van der Waals surface area (Å²) in [6, 6.07) is 5.55. The average Bonchev–Trinajstić information content (AvgIpc) is 2.45. The van der Waals surface area contributed by atoms with Crippen LogP contribution in [0.2, 0.25) is 0 Å². The van der Waals surface area contributed by atoms with Crippen molar-refractivity contribution in [2.45, 2.75) is 12.8 Å². The highest BCUT2D eigenvalue weighted by atomic mass is 16.4. The second-order valence-corrected chi connectivity index (χ2v) is 5.11. The van der Waals surface area contributed by atoms with Crippen molar-refractivity contribution >= 4 is 16.9 Å². The van der Waals surface area contributed by atoms with Gasteiger partial charge in [-0.1, -0.05) is 6.07 Å². The van der Waals surface area contributed by atoms with Crippen molar-refractivity contribution in [1.82, 2.24) is 4.68 Å². The SMILES string of the molecule is CN(C)n1cc(C(=O)O)c(=O)c2cc(CCCN)ccc21. The molecule has 0 bridgehead atoms. The summed E-state index contributed by atoms with van der Waals surface area (Å²) in [4.78, 5) is 23.6. The van der Waals surface area contributed by atoms with E-state index in [0.29, 0.717) is 17.4 Å². The van der Waals surface area contributed by atoms with Crippen molar-refractivity contribution in [3.8, 4) is 0 Å². The van der Waals surface area contributed by atoms with Gasteiger partial charge in [0, 0.05) is 25.7 Å². The van der Waals surface area contributed by atoms with E-state index in [4.69, 9.17) is 5.73 Å². The van der Waals surface area contributed by atoms with Crippen molar-refractivity contribution in [2.75, 3.05) is 25.6 Å². The number of carboxylic acids is 1. The first-order valence-electron chi connectivity index (χ1n) is 6.75. The molecule has 6 nitrogen and oxygen atoms in total. The lowest BCUT2D eigenvalue weighted by atomic mass is 10.0. The molecule has 3 N–H and O–H groups in total. The van der Waals surface area contributed by atoms with Crippen LogP contribution in [0.4, 0.5) is 0 Å². The Morgan fingerprint density at radius 1 is 1.38 bits per heavy atom. The molecule has 21 heavy (non-hydrogen) atoms. The smallest absolute Gasteiger partial charge is 0.341 e. The fourth-order valence-corrected chi connectivity index (χ4v) is 2.31. The van der Waals surface area contributed by atoms with Crippen LogP contribution in [0.25, 0.3) is 10.9 Å². The van der Waals surface area contributed by atoms with Gasteiger partial charge < -0.3 is 15.8 Å². The number of carbonyl (C=O) groups is 1. The first-order chi connectivity index (χ1) is 9.95. The molecule has 0 spiro atoms. The predicted octanol–water partition coefficient (Wildman–Crippen LogP) is 0.789. The number of rotatable bonds is 5. The van der Waals surface area contributed by atoms with Gasteiger partial charge in [0.25, 0.3) is 0 Å². The molecule has 1 aromatic heterocycles. The second kappa shape index (κ2) is 5.97. The molecule has 0 radical (unpaired) electrons. The molecule has 0 fully saturated rings. The van der Waals surface area contributed by atoms with Crippen molar-refractivity contribution in [3.05, 3.63) is 45.7 Å². The van der Waals surface area contributed by atoms with Crippen LogP contribution in [-0.4, -0.2) is 36.4 Å². The lowest BCUT2D eigenvalue weighted by Gasteiger charge is -2.20. The van der Waals surface area contributed by atoms with Crippen molar-refractivity contribution < 1.29 is 9.90 Å². The minimum atomic E-state index is -1.22. The third kappa shape index (κ3) is 2.90. The summed E-state index contributed by atoms with van der Waals surface area (Å²) < 4.78 is 1.66. The van der Waals surface area contributed by atoms with Gasteiger partial charge in [-0.05, 0) is 37.1 Å². The first-order valence-corrected chi connectivity index (χ1v) is 6.75. The van der Waals surface area contributed by atoms with Gasteiger partial charge in [-0.15, -0.1) is 0 Å². The minimum absolute atomic E-state index is 0.229. The maximum absolute atomic E-state index is 12.3. The third-order valence-electron chi connectivity index (χ3n) is 3.38. The van der Waals surface area contributed by atoms with E-state index in [1.54, 1.807) is 29.8 Å². The summed E-state index contributed by atoms with van der Waals surface area (Å²) in [5.74, 6) is -1.22. The van der Waals surface area contributed by atoms with Gasteiger partial charge >= 0.3 is 5.97 Å². The number of aromatic nitrogens is 1. The highest BCUT2D eigenvalue weighted by molar-refractivity contribution is 5.92. The Kier molecular flexibility index (Phi) is 4.28. The molecule has 0 saturated carbocycles. The van der Waals surface area contributed by atoms with E-state index in [2.05, 4.69) is 0 Å². The van der Waals surface area contributed by atoms with E-state index in [9.17, 15) is 14.7 Å². The standard InChI is InChI=1S/C15H19N3O3/c1-17(2)18-9-12(15(20)21)14(19)11-8-10(4-3-7-16)5-6-13(11)18/h5-6,8-9H,3-4,7,16H2,1-2H3,(H,20,21). The number of carboxylic acid groups (broad SMARTS) is 1. The normalized spacial score (nSPS) is 10.8. The van der Waals surface area contributed by atoms with Crippen molar-refractivity contribution in [1.29, 1.82) is 0 Å². The molecule has 0 saturated heterocycles. The average molecular weight is 289 g/mol. The zero-order valence-electron chi connectivity index (χ0n) is 12.2. The quantitative estimate of drug-likeness (QED) is 0.849. The molecule has 1 heterocycles. The summed E-state index contributed by atoms with van der Waals surface area (Å²) >= 11 is 0. The Morgan fingerprint density at radius 2 is 2.10 bits per heavy atom. The fraction of sp³-hybridized carbons (Fsp3) is 0.333. The Morgan fingerprint density at radius 3 is 2.67 bits per heavy atom. The molecule has 0 aliphatic rings. The monoisotopic (exact) mass is 289 g/mol. The Labute approximate surface area is 122 Å². The van der Waals surface area contributed by atoms with Crippen LogP contribution < -0.4 is 16.2 Å². The van der Waals surface area contributed by atoms with E-state index in [1.807, 2.05) is 12.1 Å². The molecule has 0 aliphatic heterocycles. The van der Waals surface area contributed by atoms with Gasteiger partial charge in [0.2, 0.25) is 5.43 Å². The zero-order valence-corrected chi connectivity index (χ0v) is 12.2. The van der Waals surface area contributed by atoms with Crippen LogP contribution in [0.5, 0.6) is 0 Å².